The van der Waals surface area contributed by atoms with Gasteiger partial charge < -0.3 is 20.5 Å². The molecule has 0 aliphatic heterocycles. The summed E-state index contributed by atoms with van der Waals surface area (Å²) < 4.78 is 0. The van der Waals surface area contributed by atoms with Gasteiger partial charge in [-0.05, 0) is 5.56 Å². The zero-order chi connectivity index (χ0) is 18.5. The third-order valence-corrected chi connectivity index (χ3v) is 3.61. The molecule has 0 bridgehead atoms. The highest BCUT2D eigenvalue weighted by Crippen LogP contribution is 2.17. The molecular formula is C17H15N5O4. The van der Waals surface area contributed by atoms with E-state index in [1.54, 1.807) is 30.3 Å². The fraction of sp³-hybridized carbons (Fsp3) is 0.118. The summed E-state index contributed by atoms with van der Waals surface area (Å²) in [6, 6.07) is 8.08. The second-order valence-corrected chi connectivity index (χ2v) is 5.32. The van der Waals surface area contributed by atoms with Crippen LogP contribution >= 0.6 is 0 Å². The van der Waals surface area contributed by atoms with Crippen LogP contribution in [0.3, 0.4) is 0 Å². The Labute approximate surface area is 147 Å². The maximum absolute atomic E-state index is 12.5. The van der Waals surface area contributed by atoms with Gasteiger partial charge in [0.1, 0.15) is 5.69 Å². The van der Waals surface area contributed by atoms with E-state index in [4.69, 9.17) is 0 Å². The van der Waals surface area contributed by atoms with Gasteiger partial charge in [0.05, 0.1) is 18.8 Å². The molecular weight excluding hydrogens is 338 g/mol. The van der Waals surface area contributed by atoms with Gasteiger partial charge in [-0.3, -0.25) is 14.6 Å². The van der Waals surface area contributed by atoms with Crippen molar-refractivity contribution in [1.82, 2.24) is 25.3 Å². The normalized spacial score (nSPS) is 11.7. The lowest BCUT2D eigenvalue weighted by Gasteiger charge is -2.16. The highest BCUT2D eigenvalue weighted by atomic mass is 16.3. The number of H-pyrrole nitrogens is 1. The summed E-state index contributed by atoms with van der Waals surface area (Å²) in [7, 11) is 0. The third kappa shape index (κ3) is 3.57. The van der Waals surface area contributed by atoms with Crippen LogP contribution in [-0.2, 0) is 0 Å². The SMILES string of the molecule is O=C(N[C@H](CO)c1ccccc1)c1nc(-c2cnccn2)[nH]c(=O)c1O. The molecule has 9 nitrogen and oxygen atoms in total. The number of aromatic hydroxyl groups is 1. The Morgan fingerprint density at radius 1 is 1.23 bits per heavy atom. The predicted octanol–water partition coefficient (Wildman–Crippen LogP) is 0.396. The van der Waals surface area contributed by atoms with Crippen LogP contribution in [-0.4, -0.2) is 42.7 Å². The van der Waals surface area contributed by atoms with Crippen molar-refractivity contribution in [2.45, 2.75) is 6.04 Å². The molecule has 1 amide bonds. The largest absolute Gasteiger partial charge is 0.501 e. The average molecular weight is 353 g/mol. The van der Waals surface area contributed by atoms with Gasteiger partial charge in [-0.2, -0.15) is 0 Å². The van der Waals surface area contributed by atoms with E-state index in [9.17, 15) is 19.8 Å². The third-order valence-electron chi connectivity index (χ3n) is 3.61. The van der Waals surface area contributed by atoms with Gasteiger partial charge in [0.2, 0.25) is 5.75 Å². The van der Waals surface area contributed by atoms with Gasteiger partial charge in [0.15, 0.2) is 11.5 Å². The number of nitrogens with zero attached hydrogens (tertiary/aromatic N) is 3. The molecule has 1 aromatic carbocycles. The Bertz CT molecular complexity index is 960. The van der Waals surface area contributed by atoms with E-state index in [1.807, 2.05) is 0 Å². The Kier molecular flexibility index (Phi) is 4.99. The second-order valence-electron chi connectivity index (χ2n) is 5.32. The molecule has 26 heavy (non-hydrogen) atoms. The summed E-state index contributed by atoms with van der Waals surface area (Å²) >= 11 is 0. The van der Waals surface area contributed by atoms with Crippen molar-refractivity contribution >= 4 is 5.91 Å². The number of carbonyl (C=O) groups excluding carboxylic acids is 1. The van der Waals surface area contributed by atoms with Gasteiger partial charge in [0.25, 0.3) is 11.5 Å². The molecule has 3 rings (SSSR count). The number of aromatic amines is 1. The summed E-state index contributed by atoms with van der Waals surface area (Å²) in [5.41, 5.74) is -0.447. The first-order valence-electron chi connectivity index (χ1n) is 7.66. The van der Waals surface area contributed by atoms with Crippen molar-refractivity contribution in [3.05, 3.63) is 70.5 Å². The van der Waals surface area contributed by atoms with Crippen LogP contribution in [0.5, 0.6) is 5.75 Å². The monoisotopic (exact) mass is 353 g/mol. The lowest BCUT2D eigenvalue weighted by atomic mass is 10.1. The number of rotatable bonds is 5. The summed E-state index contributed by atoms with van der Waals surface area (Å²) in [6.07, 6.45) is 4.21. The maximum atomic E-state index is 12.5. The zero-order valence-electron chi connectivity index (χ0n) is 13.5. The highest BCUT2D eigenvalue weighted by molar-refractivity contribution is 5.95. The van der Waals surface area contributed by atoms with Crippen LogP contribution in [0.2, 0.25) is 0 Å². The molecule has 1 atom stereocenters. The molecule has 0 saturated heterocycles. The fourth-order valence-corrected chi connectivity index (χ4v) is 2.31. The van der Waals surface area contributed by atoms with Crippen molar-refractivity contribution in [1.29, 1.82) is 0 Å². The Balaban J connectivity index is 1.94. The lowest BCUT2D eigenvalue weighted by Crippen LogP contribution is -2.32. The summed E-state index contributed by atoms with van der Waals surface area (Å²) in [5.74, 6) is -1.63. The van der Waals surface area contributed by atoms with E-state index >= 15 is 0 Å². The Hall–Kier alpha value is -3.59. The van der Waals surface area contributed by atoms with Gasteiger partial charge in [0, 0.05) is 12.4 Å². The minimum atomic E-state index is -0.883. The first kappa shape index (κ1) is 17.2. The zero-order valence-corrected chi connectivity index (χ0v) is 13.5. The van der Waals surface area contributed by atoms with E-state index in [0.717, 1.165) is 0 Å². The number of aliphatic hydroxyl groups is 1. The molecule has 0 radical (unpaired) electrons. The molecule has 2 heterocycles. The van der Waals surface area contributed by atoms with Crippen LogP contribution in [0.25, 0.3) is 11.5 Å². The number of hydrogen-bond donors (Lipinski definition) is 4. The average Bonchev–Trinajstić information content (AvgIpc) is 2.69. The van der Waals surface area contributed by atoms with Crippen LogP contribution in [0.1, 0.15) is 22.1 Å². The van der Waals surface area contributed by atoms with Crippen LogP contribution in [0, 0.1) is 0 Å². The Morgan fingerprint density at radius 2 is 2.00 bits per heavy atom. The maximum Gasteiger partial charge on any atom is 0.294 e. The van der Waals surface area contributed by atoms with Crippen molar-refractivity contribution in [3.63, 3.8) is 0 Å². The fourth-order valence-electron chi connectivity index (χ4n) is 2.31. The second kappa shape index (κ2) is 7.53. The molecule has 0 aliphatic rings. The number of aliphatic hydroxyl groups excluding tert-OH is 1. The molecule has 0 saturated carbocycles. The Morgan fingerprint density at radius 3 is 2.65 bits per heavy atom. The summed E-state index contributed by atoms with van der Waals surface area (Å²) in [4.78, 5) is 38.6. The van der Waals surface area contributed by atoms with Crippen molar-refractivity contribution in [2.24, 2.45) is 0 Å². The lowest BCUT2D eigenvalue weighted by molar-refractivity contribution is 0.0907. The smallest absolute Gasteiger partial charge is 0.294 e. The van der Waals surface area contributed by atoms with E-state index in [-0.39, 0.29) is 18.1 Å². The molecule has 132 valence electrons. The molecule has 4 N–H and O–H groups in total. The van der Waals surface area contributed by atoms with Crippen LogP contribution < -0.4 is 10.9 Å². The molecule has 9 heteroatoms. The molecule has 2 aromatic heterocycles. The summed E-state index contributed by atoms with van der Waals surface area (Å²) in [5, 5.41) is 22.0. The molecule has 0 fully saturated rings. The first-order chi connectivity index (χ1) is 12.6. The van der Waals surface area contributed by atoms with Gasteiger partial charge in [-0.1, -0.05) is 30.3 Å². The number of carbonyl (C=O) groups is 1. The van der Waals surface area contributed by atoms with E-state index in [1.165, 1.54) is 18.6 Å². The standard InChI is InChI=1S/C17H15N5O4/c23-9-12(10-4-2-1-3-5-10)20-16(25)13-14(24)17(26)22-15(21-13)11-8-18-6-7-19-11/h1-8,12,23-24H,9H2,(H,20,25)(H,21,22,26)/t12-/m1/s1. The molecule has 3 aromatic rings. The van der Waals surface area contributed by atoms with E-state index in [2.05, 4.69) is 25.3 Å². The van der Waals surface area contributed by atoms with E-state index < -0.39 is 29.0 Å². The number of hydrogen-bond acceptors (Lipinski definition) is 7. The van der Waals surface area contributed by atoms with E-state index in [0.29, 0.717) is 5.56 Å². The number of benzene rings is 1. The number of aromatic nitrogens is 4. The summed E-state index contributed by atoms with van der Waals surface area (Å²) in [6.45, 7) is -0.364. The van der Waals surface area contributed by atoms with Crippen molar-refractivity contribution < 1.29 is 15.0 Å². The highest BCUT2D eigenvalue weighted by Gasteiger charge is 2.22. The van der Waals surface area contributed by atoms with Gasteiger partial charge >= 0.3 is 0 Å². The number of amides is 1. The predicted molar refractivity (Wildman–Crippen MR) is 91.3 cm³/mol. The van der Waals surface area contributed by atoms with Crippen LogP contribution in [0.15, 0.2) is 53.7 Å². The quantitative estimate of drug-likeness (QED) is 0.520. The topological polar surface area (TPSA) is 141 Å². The van der Waals surface area contributed by atoms with Crippen molar-refractivity contribution in [2.75, 3.05) is 6.61 Å². The van der Waals surface area contributed by atoms with Crippen molar-refractivity contribution in [3.8, 4) is 17.3 Å². The van der Waals surface area contributed by atoms with Gasteiger partial charge in [-0.25, -0.2) is 9.97 Å². The van der Waals surface area contributed by atoms with Gasteiger partial charge in [-0.15, -0.1) is 0 Å². The van der Waals surface area contributed by atoms with Crippen LogP contribution in [0.4, 0.5) is 0 Å². The molecule has 0 unspecified atom stereocenters. The number of nitrogens with one attached hydrogen (secondary N) is 2. The first-order valence-corrected chi connectivity index (χ1v) is 7.66. The molecule has 0 spiro atoms. The molecule has 0 aliphatic carbocycles. The minimum absolute atomic E-state index is 0.00805. The minimum Gasteiger partial charge on any atom is -0.501 e.